The Morgan fingerprint density at radius 3 is 2.75 bits per heavy atom. The summed E-state index contributed by atoms with van der Waals surface area (Å²) in [5, 5.41) is 5.35. The first kappa shape index (κ1) is 15.4. The SMILES string of the molecule is CC(NCc1csc(Br)c1)c1ccccc1OC(F)F. The highest BCUT2D eigenvalue weighted by Gasteiger charge is 2.14. The number of hydrogen-bond donors (Lipinski definition) is 1. The molecule has 1 aromatic carbocycles. The molecule has 1 atom stereocenters. The van der Waals surface area contributed by atoms with E-state index < -0.39 is 6.61 Å². The van der Waals surface area contributed by atoms with E-state index in [0.29, 0.717) is 6.54 Å². The zero-order valence-corrected chi connectivity index (χ0v) is 13.2. The Morgan fingerprint density at radius 1 is 1.35 bits per heavy atom. The number of thiophene rings is 1. The Balaban J connectivity index is 2.03. The van der Waals surface area contributed by atoms with Crippen molar-refractivity contribution in [3.05, 3.63) is 50.6 Å². The van der Waals surface area contributed by atoms with Crippen LogP contribution >= 0.6 is 27.3 Å². The molecule has 0 saturated carbocycles. The summed E-state index contributed by atoms with van der Waals surface area (Å²) in [7, 11) is 0. The fourth-order valence-corrected chi connectivity index (χ4v) is 3.07. The molecule has 2 rings (SSSR count). The molecular formula is C14H14BrF2NOS. The summed E-state index contributed by atoms with van der Waals surface area (Å²) in [4.78, 5) is 0. The maximum Gasteiger partial charge on any atom is 0.387 e. The van der Waals surface area contributed by atoms with Crippen LogP contribution < -0.4 is 10.1 Å². The van der Waals surface area contributed by atoms with Crippen LogP contribution in [0.3, 0.4) is 0 Å². The van der Waals surface area contributed by atoms with Crippen LogP contribution in [0.25, 0.3) is 0 Å². The van der Waals surface area contributed by atoms with Gasteiger partial charge in [0, 0.05) is 18.2 Å². The highest BCUT2D eigenvalue weighted by Crippen LogP contribution is 2.27. The van der Waals surface area contributed by atoms with Gasteiger partial charge in [0.25, 0.3) is 0 Å². The van der Waals surface area contributed by atoms with E-state index in [9.17, 15) is 8.78 Å². The smallest absolute Gasteiger partial charge is 0.387 e. The molecular weight excluding hydrogens is 348 g/mol. The summed E-state index contributed by atoms with van der Waals surface area (Å²) in [5.41, 5.74) is 1.88. The molecule has 0 bridgehead atoms. The van der Waals surface area contributed by atoms with Gasteiger partial charge in [0.2, 0.25) is 0 Å². The van der Waals surface area contributed by atoms with E-state index in [0.717, 1.165) is 14.9 Å². The third-order valence-corrected chi connectivity index (χ3v) is 4.39. The van der Waals surface area contributed by atoms with Crippen molar-refractivity contribution in [1.29, 1.82) is 0 Å². The molecule has 0 radical (unpaired) electrons. The highest BCUT2D eigenvalue weighted by atomic mass is 79.9. The van der Waals surface area contributed by atoms with Crippen molar-refractivity contribution < 1.29 is 13.5 Å². The van der Waals surface area contributed by atoms with Crippen molar-refractivity contribution in [2.75, 3.05) is 0 Å². The Labute approximate surface area is 128 Å². The molecule has 0 spiro atoms. The third-order valence-electron chi connectivity index (χ3n) is 2.84. The molecule has 2 nitrogen and oxygen atoms in total. The van der Waals surface area contributed by atoms with Crippen LogP contribution in [0.4, 0.5) is 8.78 Å². The zero-order valence-electron chi connectivity index (χ0n) is 10.8. The summed E-state index contributed by atoms with van der Waals surface area (Å²) >= 11 is 5.03. The van der Waals surface area contributed by atoms with Crippen molar-refractivity contribution in [2.24, 2.45) is 0 Å². The van der Waals surface area contributed by atoms with E-state index in [4.69, 9.17) is 0 Å². The number of halogens is 3. The first-order valence-electron chi connectivity index (χ1n) is 6.06. The summed E-state index contributed by atoms with van der Waals surface area (Å²) in [5.74, 6) is 0.217. The molecule has 6 heteroatoms. The second-order valence-corrected chi connectivity index (χ2v) is 6.57. The van der Waals surface area contributed by atoms with Crippen molar-refractivity contribution in [3.63, 3.8) is 0 Å². The van der Waals surface area contributed by atoms with Gasteiger partial charge >= 0.3 is 6.61 Å². The van der Waals surface area contributed by atoms with Gasteiger partial charge in [-0.1, -0.05) is 18.2 Å². The topological polar surface area (TPSA) is 21.3 Å². The lowest BCUT2D eigenvalue weighted by Gasteiger charge is -2.17. The highest BCUT2D eigenvalue weighted by molar-refractivity contribution is 9.11. The van der Waals surface area contributed by atoms with Crippen LogP contribution in [0, 0.1) is 0 Å². The minimum Gasteiger partial charge on any atom is -0.434 e. The normalized spacial score (nSPS) is 12.7. The van der Waals surface area contributed by atoms with Gasteiger partial charge in [0.05, 0.1) is 3.79 Å². The predicted molar refractivity (Wildman–Crippen MR) is 80.3 cm³/mol. The van der Waals surface area contributed by atoms with Gasteiger partial charge in [-0.2, -0.15) is 8.78 Å². The lowest BCUT2D eigenvalue weighted by atomic mass is 10.1. The number of benzene rings is 1. The van der Waals surface area contributed by atoms with Gasteiger partial charge in [-0.3, -0.25) is 0 Å². The van der Waals surface area contributed by atoms with E-state index >= 15 is 0 Å². The van der Waals surface area contributed by atoms with Crippen LogP contribution in [-0.2, 0) is 6.54 Å². The summed E-state index contributed by atoms with van der Waals surface area (Å²) in [6.45, 7) is -0.211. The Bertz CT molecular complexity index is 562. The molecule has 0 aliphatic carbocycles. The molecule has 0 saturated heterocycles. The number of rotatable bonds is 6. The van der Waals surface area contributed by atoms with Crippen molar-refractivity contribution in [1.82, 2.24) is 5.32 Å². The van der Waals surface area contributed by atoms with E-state index in [2.05, 4.69) is 26.0 Å². The van der Waals surface area contributed by atoms with E-state index in [1.54, 1.807) is 29.5 Å². The number of alkyl halides is 2. The monoisotopic (exact) mass is 361 g/mol. The lowest BCUT2D eigenvalue weighted by molar-refractivity contribution is -0.0506. The number of hydrogen-bond acceptors (Lipinski definition) is 3. The second-order valence-electron chi connectivity index (χ2n) is 4.28. The molecule has 0 fully saturated rings. The number of ether oxygens (including phenoxy) is 1. The average Bonchev–Trinajstić information content (AvgIpc) is 2.82. The molecule has 108 valence electrons. The molecule has 1 aromatic heterocycles. The molecule has 0 aliphatic rings. The fraction of sp³-hybridized carbons (Fsp3) is 0.286. The minimum atomic E-state index is -2.81. The molecule has 0 amide bonds. The van der Waals surface area contributed by atoms with Gasteiger partial charge in [0.1, 0.15) is 5.75 Å². The molecule has 1 unspecified atom stereocenters. The predicted octanol–water partition coefficient (Wildman–Crippen LogP) is 4.96. The number of nitrogens with one attached hydrogen (secondary N) is 1. The molecule has 20 heavy (non-hydrogen) atoms. The molecule has 1 N–H and O–H groups in total. The van der Waals surface area contributed by atoms with Crippen molar-refractivity contribution in [3.8, 4) is 5.75 Å². The van der Waals surface area contributed by atoms with Crippen LogP contribution in [0.1, 0.15) is 24.1 Å². The molecule has 1 heterocycles. The summed E-state index contributed by atoms with van der Waals surface area (Å²) in [6.07, 6.45) is 0. The zero-order chi connectivity index (χ0) is 14.5. The van der Waals surface area contributed by atoms with Gasteiger partial charge in [-0.15, -0.1) is 11.3 Å². The van der Waals surface area contributed by atoms with Gasteiger partial charge < -0.3 is 10.1 Å². The number of para-hydroxylation sites is 1. The van der Waals surface area contributed by atoms with Gasteiger partial charge in [-0.25, -0.2) is 0 Å². The average molecular weight is 362 g/mol. The Morgan fingerprint density at radius 2 is 2.10 bits per heavy atom. The van der Waals surface area contributed by atoms with Crippen molar-refractivity contribution in [2.45, 2.75) is 26.1 Å². The van der Waals surface area contributed by atoms with E-state index in [1.165, 1.54) is 0 Å². The van der Waals surface area contributed by atoms with Crippen LogP contribution in [0.2, 0.25) is 0 Å². The third kappa shape index (κ3) is 4.26. The van der Waals surface area contributed by atoms with Crippen molar-refractivity contribution >= 4 is 27.3 Å². The quantitative estimate of drug-likeness (QED) is 0.784. The van der Waals surface area contributed by atoms with Crippen LogP contribution in [0.5, 0.6) is 5.75 Å². The second kappa shape index (κ2) is 7.15. The van der Waals surface area contributed by atoms with Crippen LogP contribution in [0.15, 0.2) is 39.5 Å². The van der Waals surface area contributed by atoms with Gasteiger partial charge in [0.15, 0.2) is 0 Å². The lowest BCUT2D eigenvalue weighted by Crippen LogP contribution is -2.19. The van der Waals surface area contributed by atoms with Crippen LogP contribution in [-0.4, -0.2) is 6.61 Å². The van der Waals surface area contributed by atoms with E-state index in [-0.39, 0.29) is 11.8 Å². The standard InChI is InChI=1S/C14H14BrF2NOS/c1-9(18-7-10-6-13(15)20-8-10)11-4-2-3-5-12(11)19-14(16)17/h2-6,8-9,14,18H,7H2,1H3. The first-order chi connectivity index (χ1) is 9.56. The summed E-state index contributed by atoms with van der Waals surface area (Å²) in [6, 6.07) is 8.80. The minimum absolute atomic E-state index is 0.0800. The van der Waals surface area contributed by atoms with E-state index in [1.807, 2.05) is 24.4 Å². The Kier molecular flexibility index (Phi) is 5.51. The molecule has 0 aliphatic heterocycles. The Hall–Kier alpha value is -0.980. The maximum absolute atomic E-state index is 12.4. The summed E-state index contributed by atoms with van der Waals surface area (Å²) < 4.78 is 30.4. The maximum atomic E-state index is 12.4. The first-order valence-corrected chi connectivity index (χ1v) is 7.73. The largest absolute Gasteiger partial charge is 0.434 e. The molecule has 2 aromatic rings. The fourth-order valence-electron chi connectivity index (χ4n) is 1.86. The van der Waals surface area contributed by atoms with Gasteiger partial charge in [-0.05, 0) is 45.9 Å².